The minimum Gasteiger partial charge on any atom is -0.338 e. The number of hydrogen-bond acceptors (Lipinski definition) is 2. The van der Waals surface area contributed by atoms with Crippen molar-refractivity contribution in [3.63, 3.8) is 0 Å². The van der Waals surface area contributed by atoms with Gasteiger partial charge in [0.25, 0.3) is 0 Å². The van der Waals surface area contributed by atoms with Gasteiger partial charge in [-0.1, -0.05) is 44.2 Å². The van der Waals surface area contributed by atoms with Gasteiger partial charge in [0.15, 0.2) is 0 Å². The molecule has 3 nitrogen and oxygen atoms in total. The summed E-state index contributed by atoms with van der Waals surface area (Å²) in [6.07, 6.45) is 4.53. The number of hydrogen-bond donors (Lipinski definition) is 1. The van der Waals surface area contributed by atoms with Crippen molar-refractivity contribution >= 4 is 5.91 Å². The number of carbonyl (C=O) groups excluding carboxylic acids is 1. The fourth-order valence-corrected chi connectivity index (χ4v) is 3.04. The lowest BCUT2D eigenvalue weighted by atomic mass is 9.91. The first kappa shape index (κ1) is 15.0. The summed E-state index contributed by atoms with van der Waals surface area (Å²) in [5, 5.41) is 0. The lowest BCUT2D eigenvalue weighted by Crippen LogP contribution is -2.56. The average Bonchev–Trinajstić information content (AvgIpc) is 2.94. The predicted octanol–water partition coefficient (Wildman–Crippen LogP) is 2.74. The highest BCUT2D eigenvalue weighted by Crippen LogP contribution is 2.26. The van der Waals surface area contributed by atoms with E-state index in [1.807, 2.05) is 24.8 Å². The van der Waals surface area contributed by atoms with Crippen LogP contribution in [0.4, 0.5) is 0 Å². The van der Waals surface area contributed by atoms with E-state index in [0.717, 1.165) is 25.8 Å². The Hall–Kier alpha value is -1.35. The molecule has 1 amide bonds. The average molecular weight is 274 g/mol. The molecule has 1 aliphatic rings. The smallest absolute Gasteiger partial charge is 0.242 e. The van der Waals surface area contributed by atoms with E-state index in [9.17, 15) is 4.79 Å². The first-order valence-electron chi connectivity index (χ1n) is 7.74. The Balaban J connectivity index is 2.09. The zero-order chi connectivity index (χ0) is 14.6. The Morgan fingerprint density at radius 2 is 1.95 bits per heavy atom. The summed E-state index contributed by atoms with van der Waals surface area (Å²) < 4.78 is 0. The minimum absolute atomic E-state index is 0.140. The fourth-order valence-electron chi connectivity index (χ4n) is 3.04. The van der Waals surface area contributed by atoms with Crippen molar-refractivity contribution in [3.05, 3.63) is 35.9 Å². The van der Waals surface area contributed by atoms with Gasteiger partial charge >= 0.3 is 0 Å². The number of nitrogens with zero attached hydrogens (tertiary/aromatic N) is 1. The Bertz CT molecular complexity index is 440. The van der Waals surface area contributed by atoms with Crippen molar-refractivity contribution in [1.82, 2.24) is 4.90 Å². The van der Waals surface area contributed by atoms with Gasteiger partial charge in [0, 0.05) is 12.6 Å². The van der Waals surface area contributed by atoms with Gasteiger partial charge < -0.3 is 10.6 Å². The molecule has 0 saturated carbocycles. The molecule has 1 unspecified atom stereocenters. The Morgan fingerprint density at radius 1 is 1.30 bits per heavy atom. The summed E-state index contributed by atoms with van der Waals surface area (Å²) in [5.74, 6) is 0.140. The molecule has 1 aromatic carbocycles. The van der Waals surface area contributed by atoms with E-state index >= 15 is 0 Å². The van der Waals surface area contributed by atoms with E-state index in [4.69, 9.17) is 5.73 Å². The van der Waals surface area contributed by atoms with Crippen molar-refractivity contribution < 1.29 is 4.79 Å². The van der Waals surface area contributed by atoms with Gasteiger partial charge in [-0.3, -0.25) is 4.79 Å². The van der Waals surface area contributed by atoms with Gasteiger partial charge in [0.05, 0.1) is 5.54 Å². The Kier molecular flexibility index (Phi) is 4.81. The zero-order valence-electron chi connectivity index (χ0n) is 12.6. The normalized spacial score (nSPS) is 19.4. The second-order valence-electron chi connectivity index (χ2n) is 5.85. The number of likely N-dealkylation sites (tertiary alicyclic amines) is 1. The highest BCUT2D eigenvalue weighted by molar-refractivity contribution is 5.86. The van der Waals surface area contributed by atoms with Crippen LogP contribution in [0.15, 0.2) is 30.3 Å². The standard InChI is InChI=1S/C17H26N2O/c1-3-17(18,4-2)16(20)19-12-8-11-15(19)13-14-9-6-5-7-10-14/h5-7,9-10,15H,3-4,8,11-13,18H2,1-2H3. The lowest BCUT2D eigenvalue weighted by Gasteiger charge is -2.34. The van der Waals surface area contributed by atoms with Gasteiger partial charge in [0.1, 0.15) is 0 Å². The summed E-state index contributed by atoms with van der Waals surface area (Å²) in [4.78, 5) is 14.8. The first-order valence-corrected chi connectivity index (χ1v) is 7.74. The van der Waals surface area contributed by atoms with Gasteiger partial charge in [-0.2, -0.15) is 0 Å². The molecule has 3 heteroatoms. The topological polar surface area (TPSA) is 46.3 Å². The number of rotatable bonds is 5. The van der Waals surface area contributed by atoms with Crippen LogP contribution in [0.1, 0.15) is 45.1 Å². The molecule has 1 fully saturated rings. The molecule has 1 atom stereocenters. The number of nitrogens with two attached hydrogens (primary N) is 1. The SMILES string of the molecule is CCC(N)(CC)C(=O)N1CCCC1Cc1ccccc1. The van der Waals surface area contributed by atoms with E-state index < -0.39 is 5.54 Å². The third kappa shape index (κ3) is 3.04. The van der Waals surface area contributed by atoms with Crippen LogP contribution in [-0.2, 0) is 11.2 Å². The van der Waals surface area contributed by atoms with Crippen LogP contribution in [0.2, 0.25) is 0 Å². The maximum absolute atomic E-state index is 12.7. The van der Waals surface area contributed by atoms with Crippen molar-refractivity contribution in [2.75, 3.05) is 6.54 Å². The number of amides is 1. The third-order valence-corrected chi connectivity index (χ3v) is 4.64. The summed E-state index contributed by atoms with van der Waals surface area (Å²) in [5.41, 5.74) is 6.90. The van der Waals surface area contributed by atoms with Crippen LogP contribution in [0.25, 0.3) is 0 Å². The molecule has 110 valence electrons. The highest BCUT2D eigenvalue weighted by Gasteiger charge is 2.38. The van der Waals surface area contributed by atoms with Gasteiger partial charge in [-0.15, -0.1) is 0 Å². The quantitative estimate of drug-likeness (QED) is 0.897. The molecule has 0 radical (unpaired) electrons. The molecule has 20 heavy (non-hydrogen) atoms. The van der Waals surface area contributed by atoms with Crippen LogP contribution in [0.3, 0.4) is 0 Å². The molecule has 0 spiro atoms. The van der Waals surface area contributed by atoms with E-state index in [1.54, 1.807) is 0 Å². The zero-order valence-corrected chi connectivity index (χ0v) is 12.6. The van der Waals surface area contributed by atoms with E-state index in [2.05, 4.69) is 24.3 Å². The maximum Gasteiger partial charge on any atom is 0.242 e. The molecule has 0 bridgehead atoms. The van der Waals surface area contributed by atoms with Crippen molar-refractivity contribution in [2.24, 2.45) is 5.73 Å². The van der Waals surface area contributed by atoms with Crippen LogP contribution in [-0.4, -0.2) is 28.9 Å². The number of carbonyl (C=O) groups is 1. The summed E-state index contributed by atoms with van der Waals surface area (Å²) in [7, 11) is 0. The van der Waals surface area contributed by atoms with Crippen molar-refractivity contribution in [3.8, 4) is 0 Å². The molecule has 2 rings (SSSR count). The second-order valence-corrected chi connectivity index (χ2v) is 5.85. The molecular weight excluding hydrogens is 248 g/mol. The van der Waals surface area contributed by atoms with Gasteiger partial charge in [-0.25, -0.2) is 0 Å². The summed E-state index contributed by atoms with van der Waals surface area (Å²) in [6.45, 7) is 4.86. The summed E-state index contributed by atoms with van der Waals surface area (Å²) in [6, 6.07) is 10.7. The van der Waals surface area contributed by atoms with Crippen molar-refractivity contribution in [1.29, 1.82) is 0 Å². The van der Waals surface area contributed by atoms with Crippen LogP contribution >= 0.6 is 0 Å². The monoisotopic (exact) mass is 274 g/mol. The van der Waals surface area contributed by atoms with Crippen LogP contribution in [0.5, 0.6) is 0 Å². The third-order valence-electron chi connectivity index (χ3n) is 4.64. The maximum atomic E-state index is 12.7. The Labute approximate surface area is 122 Å². The van der Waals surface area contributed by atoms with E-state index in [0.29, 0.717) is 18.9 Å². The molecule has 1 heterocycles. The molecule has 0 aromatic heterocycles. The number of benzene rings is 1. The molecule has 1 aliphatic heterocycles. The van der Waals surface area contributed by atoms with E-state index in [1.165, 1.54) is 5.56 Å². The van der Waals surface area contributed by atoms with Gasteiger partial charge in [0.2, 0.25) is 5.91 Å². The Morgan fingerprint density at radius 3 is 2.55 bits per heavy atom. The predicted molar refractivity (Wildman–Crippen MR) is 82.4 cm³/mol. The van der Waals surface area contributed by atoms with E-state index in [-0.39, 0.29) is 5.91 Å². The second kappa shape index (κ2) is 6.40. The van der Waals surface area contributed by atoms with Crippen LogP contribution in [0, 0.1) is 0 Å². The fraction of sp³-hybridized carbons (Fsp3) is 0.588. The van der Waals surface area contributed by atoms with Crippen LogP contribution < -0.4 is 5.73 Å². The van der Waals surface area contributed by atoms with Gasteiger partial charge in [-0.05, 0) is 37.7 Å². The summed E-state index contributed by atoms with van der Waals surface area (Å²) >= 11 is 0. The lowest BCUT2D eigenvalue weighted by molar-refractivity contribution is -0.138. The highest BCUT2D eigenvalue weighted by atomic mass is 16.2. The molecule has 1 aromatic rings. The molecular formula is C17H26N2O. The first-order chi connectivity index (χ1) is 9.60. The minimum atomic E-state index is -0.681. The van der Waals surface area contributed by atoms with Crippen molar-refractivity contribution in [2.45, 2.75) is 57.5 Å². The molecule has 2 N–H and O–H groups in total. The largest absolute Gasteiger partial charge is 0.338 e. The molecule has 1 saturated heterocycles. The molecule has 0 aliphatic carbocycles.